The van der Waals surface area contributed by atoms with E-state index in [1.54, 1.807) is 0 Å². The largest absolute Gasteiger partial charge is 0.349 e. The average molecular weight is 394 g/mol. The SMILES string of the molecule is Cc1c(Cl)ccc2c(C(=O)NC3CCN(C)CC3)cc(-c3ccccc3)nc12. The zero-order chi connectivity index (χ0) is 19.7. The normalized spacial score (nSPS) is 15.7. The van der Waals surface area contributed by atoms with Crippen molar-refractivity contribution >= 4 is 28.4 Å². The number of pyridine rings is 1. The molecule has 4 nitrogen and oxygen atoms in total. The van der Waals surface area contributed by atoms with Crippen LogP contribution in [-0.2, 0) is 0 Å². The Balaban J connectivity index is 1.77. The minimum Gasteiger partial charge on any atom is -0.349 e. The van der Waals surface area contributed by atoms with E-state index in [2.05, 4.69) is 17.3 Å². The molecule has 4 rings (SSSR count). The Hall–Kier alpha value is -2.43. The molecule has 1 aromatic heterocycles. The highest BCUT2D eigenvalue weighted by atomic mass is 35.5. The molecule has 3 aromatic rings. The summed E-state index contributed by atoms with van der Waals surface area (Å²) in [5.41, 5.74) is 4.10. The summed E-state index contributed by atoms with van der Waals surface area (Å²) < 4.78 is 0. The van der Waals surface area contributed by atoms with Gasteiger partial charge in [0.15, 0.2) is 0 Å². The number of nitrogens with one attached hydrogen (secondary N) is 1. The Morgan fingerprint density at radius 2 is 1.86 bits per heavy atom. The van der Waals surface area contributed by atoms with Crippen molar-refractivity contribution in [3.63, 3.8) is 0 Å². The lowest BCUT2D eigenvalue weighted by atomic mass is 10.00. The molecule has 1 aliphatic rings. The molecule has 0 unspecified atom stereocenters. The van der Waals surface area contributed by atoms with Crippen LogP contribution in [0.2, 0.25) is 5.02 Å². The summed E-state index contributed by atoms with van der Waals surface area (Å²) in [4.78, 5) is 20.3. The molecule has 1 aliphatic heterocycles. The van der Waals surface area contributed by atoms with E-state index in [0.29, 0.717) is 10.6 Å². The molecule has 0 spiro atoms. The number of amides is 1. The van der Waals surface area contributed by atoms with E-state index in [1.807, 2.05) is 55.5 Å². The van der Waals surface area contributed by atoms with Gasteiger partial charge >= 0.3 is 0 Å². The second-order valence-electron chi connectivity index (χ2n) is 7.54. The number of hydrogen-bond donors (Lipinski definition) is 1. The maximum absolute atomic E-state index is 13.2. The number of carbonyl (C=O) groups is 1. The van der Waals surface area contributed by atoms with Crippen LogP contribution >= 0.6 is 11.6 Å². The van der Waals surface area contributed by atoms with Crippen LogP contribution in [0.15, 0.2) is 48.5 Å². The van der Waals surface area contributed by atoms with Crippen molar-refractivity contribution in [2.75, 3.05) is 20.1 Å². The third-order valence-corrected chi connectivity index (χ3v) is 5.95. The lowest BCUT2D eigenvalue weighted by molar-refractivity contribution is 0.0918. The highest BCUT2D eigenvalue weighted by molar-refractivity contribution is 6.32. The summed E-state index contributed by atoms with van der Waals surface area (Å²) in [5.74, 6) is -0.0409. The van der Waals surface area contributed by atoms with E-state index in [1.165, 1.54) is 0 Å². The number of aryl methyl sites for hydroxylation is 1. The van der Waals surface area contributed by atoms with Gasteiger partial charge in [0.05, 0.1) is 16.8 Å². The fourth-order valence-corrected chi connectivity index (χ4v) is 3.92. The van der Waals surface area contributed by atoms with Crippen LogP contribution in [0.3, 0.4) is 0 Å². The predicted molar refractivity (Wildman–Crippen MR) is 115 cm³/mol. The Labute approximate surface area is 170 Å². The van der Waals surface area contributed by atoms with E-state index < -0.39 is 0 Å². The van der Waals surface area contributed by atoms with Gasteiger partial charge in [0, 0.05) is 22.0 Å². The van der Waals surface area contributed by atoms with E-state index in [0.717, 1.165) is 53.7 Å². The van der Waals surface area contributed by atoms with Crippen LogP contribution in [0.5, 0.6) is 0 Å². The first-order chi connectivity index (χ1) is 13.5. The minimum atomic E-state index is -0.0409. The van der Waals surface area contributed by atoms with Gasteiger partial charge < -0.3 is 10.2 Å². The summed E-state index contributed by atoms with van der Waals surface area (Å²) in [7, 11) is 2.12. The smallest absolute Gasteiger partial charge is 0.252 e. The summed E-state index contributed by atoms with van der Waals surface area (Å²) in [6.07, 6.45) is 1.95. The Kier molecular flexibility index (Phi) is 5.33. The molecule has 1 fully saturated rings. The van der Waals surface area contributed by atoms with Gasteiger partial charge in [-0.3, -0.25) is 4.79 Å². The van der Waals surface area contributed by atoms with Gasteiger partial charge in [0.2, 0.25) is 0 Å². The Morgan fingerprint density at radius 3 is 2.57 bits per heavy atom. The molecule has 0 aliphatic carbocycles. The van der Waals surface area contributed by atoms with Crippen molar-refractivity contribution in [2.45, 2.75) is 25.8 Å². The molecule has 2 heterocycles. The molecule has 144 valence electrons. The lowest BCUT2D eigenvalue weighted by Gasteiger charge is -2.29. The van der Waals surface area contributed by atoms with Crippen LogP contribution in [0, 0.1) is 6.92 Å². The molecule has 28 heavy (non-hydrogen) atoms. The van der Waals surface area contributed by atoms with Gasteiger partial charge in [0.1, 0.15) is 0 Å². The molecule has 1 amide bonds. The highest BCUT2D eigenvalue weighted by Gasteiger charge is 2.21. The fourth-order valence-electron chi connectivity index (χ4n) is 3.76. The van der Waals surface area contributed by atoms with E-state index in [9.17, 15) is 4.79 Å². The maximum Gasteiger partial charge on any atom is 0.252 e. The Bertz CT molecular complexity index is 1010. The standard InChI is InChI=1S/C23H24ClN3O/c1-15-20(24)9-8-18-19(23(28)25-17-10-12-27(2)13-11-17)14-21(26-22(15)18)16-6-4-3-5-7-16/h3-9,14,17H,10-13H2,1-2H3,(H,25,28). The third kappa shape index (κ3) is 3.75. The van der Waals surface area contributed by atoms with Crippen LogP contribution in [0.4, 0.5) is 0 Å². The topological polar surface area (TPSA) is 45.2 Å². The number of nitrogens with zero attached hydrogens (tertiary/aromatic N) is 2. The third-order valence-electron chi connectivity index (χ3n) is 5.54. The molecule has 0 saturated carbocycles. The van der Waals surface area contributed by atoms with E-state index in [4.69, 9.17) is 16.6 Å². The van der Waals surface area contributed by atoms with Gasteiger partial charge in [-0.05, 0) is 57.6 Å². The van der Waals surface area contributed by atoms with Crippen molar-refractivity contribution in [1.82, 2.24) is 15.2 Å². The quantitative estimate of drug-likeness (QED) is 0.702. The number of likely N-dealkylation sites (tertiary alicyclic amines) is 1. The molecule has 0 radical (unpaired) electrons. The van der Waals surface area contributed by atoms with Gasteiger partial charge in [-0.25, -0.2) is 4.98 Å². The first-order valence-corrected chi connectivity index (χ1v) is 10.1. The molecule has 0 atom stereocenters. The summed E-state index contributed by atoms with van der Waals surface area (Å²) in [5, 5.41) is 4.73. The molecule has 1 saturated heterocycles. The summed E-state index contributed by atoms with van der Waals surface area (Å²) in [6, 6.07) is 15.8. The maximum atomic E-state index is 13.2. The zero-order valence-electron chi connectivity index (χ0n) is 16.2. The molecular weight excluding hydrogens is 370 g/mol. The molecule has 0 bridgehead atoms. The van der Waals surface area contributed by atoms with Crippen LogP contribution < -0.4 is 5.32 Å². The average Bonchev–Trinajstić information content (AvgIpc) is 2.72. The zero-order valence-corrected chi connectivity index (χ0v) is 17.0. The molecule has 2 aromatic carbocycles. The number of halogens is 1. The van der Waals surface area contributed by atoms with Crippen LogP contribution in [0.25, 0.3) is 22.2 Å². The second-order valence-corrected chi connectivity index (χ2v) is 7.95. The fraction of sp³-hybridized carbons (Fsp3) is 0.304. The molecule has 5 heteroatoms. The van der Waals surface area contributed by atoms with Crippen molar-refractivity contribution in [3.05, 3.63) is 64.7 Å². The van der Waals surface area contributed by atoms with Crippen molar-refractivity contribution in [3.8, 4) is 11.3 Å². The number of piperidine rings is 1. The van der Waals surface area contributed by atoms with E-state index in [-0.39, 0.29) is 11.9 Å². The molecule has 1 N–H and O–H groups in total. The highest BCUT2D eigenvalue weighted by Crippen LogP contribution is 2.30. The Morgan fingerprint density at radius 1 is 1.14 bits per heavy atom. The predicted octanol–water partition coefficient (Wildman–Crippen LogP) is 4.69. The van der Waals surface area contributed by atoms with E-state index >= 15 is 0 Å². The number of fused-ring (bicyclic) bond motifs is 1. The molecular formula is C23H24ClN3O. The first kappa shape index (κ1) is 18.9. The van der Waals surface area contributed by atoms with Gasteiger partial charge in [-0.2, -0.15) is 0 Å². The van der Waals surface area contributed by atoms with Crippen molar-refractivity contribution in [2.24, 2.45) is 0 Å². The number of rotatable bonds is 3. The minimum absolute atomic E-state index is 0.0409. The second kappa shape index (κ2) is 7.90. The number of hydrogen-bond acceptors (Lipinski definition) is 3. The number of benzene rings is 2. The van der Waals surface area contributed by atoms with Crippen molar-refractivity contribution in [1.29, 1.82) is 0 Å². The lowest BCUT2D eigenvalue weighted by Crippen LogP contribution is -2.43. The number of aromatic nitrogens is 1. The van der Waals surface area contributed by atoms with Crippen LogP contribution in [-0.4, -0.2) is 42.0 Å². The summed E-state index contributed by atoms with van der Waals surface area (Å²) in [6.45, 7) is 3.96. The van der Waals surface area contributed by atoms with Gasteiger partial charge in [0.25, 0.3) is 5.91 Å². The van der Waals surface area contributed by atoms with Crippen molar-refractivity contribution < 1.29 is 4.79 Å². The summed E-state index contributed by atoms with van der Waals surface area (Å²) >= 11 is 6.34. The van der Waals surface area contributed by atoms with Gasteiger partial charge in [-0.15, -0.1) is 0 Å². The monoisotopic (exact) mass is 393 g/mol. The number of carbonyl (C=O) groups excluding carboxylic acids is 1. The van der Waals surface area contributed by atoms with Gasteiger partial charge in [-0.1, -0.05) is 48.0 Å². The first-order valence-electron chi connectivity index (χ1n) is 9.67. The van der Waals surface area contributed by atoms with Crippen LogP contribution in [0.1, 0.15) is 28.8 Å².